The van der Waals surface area contributed by atoms with Gasteiger partial charge >= 0.3 is 5.97 Å². The molecule has 5 nitrogen and oxygen atoms in total. The Labute approximate surface area is 111 Å². The molecule has 1 rings (SSSR count). The molecule has 0 saturated heterocycles. The number of nitrogens with one attached hydrogen (secondary N) is 1. The van der Waals surface area contributed by atoms with E-state index < -0.39 is 12.0 Å². The van der Waals surface area contributed by atoms with E-state index in [1.807, 2.05) is 0 Å². The first-order chi connectivity index (χ1) is 8.54. The van der Waals surface area contributed by atoms with Gasteiger partial charge in [0.1, 0.15) is 11.8 Å². The summed E-state index contributed by atoms with van der Waals surface area (Å²) in [6.45, 7) is 1.35. The molecule has 1 N–H and O–H groups in total. The first kappa shape index (κ1) is 15.0. The van der Waals surface area contributed by atoms with Gasteiger partial charge in [0.15, 0.2) is 0 Å². The highest BCUT2D eigenvalue weighted by Crippen LogP contribution is 2.26. The number of methoxy groups -OCH3 is 1. The molecule has 1 aliphatic carbocycles. The lowest BCUT2D eigenvalue weighted by Crippen LogP contribution is -2.43. The fourth-order valence-corrected chi connectivity index (χ4v) is 3.18. The molecule has 0 aromatic rings. The van der Waals surface area contributed by atoms with E-state index in [-0.39, 0.29) is 16.9 Å². The van der Waals surface area contributed by atoms with Gasteiger partial charge in [-0.2, -0.15) is 0 Å². The summed E-state index contributed by atoms with van der Waals surface area (Å²) in [4.78, 5) is 34.1. The molecule has 0 aromatic carbocycles. The van der Waals surface area contributed by atoms with Gasteiger partial charge in [0.05, 0.1) is 12.4 Å². The van der Waals surface area contributed by atoms with Crippen LogP contribution >= 0.6 is 11.8 Å². The highest BCUT2D eigenvalue weighted by molar-refractivity contribution is 8.00. The third-order valence-electron chi connectivity index (χ3n) is 2.83. The Bertz CT molecular complexity index is 332. The van der Waals surface area contributed by atoms with E-state index in [4.69, 9.17) is 0 Å². The highest BCUT2D eigenvalue weighted by atomic mass is 32.2. The molecule has 0 heterocycles. The Morgan fingerprint density at radius 3 is 2.78 bits per heavy atom. The smallest absolute Gasteiger partial charge is 0.329 e. The van der Waals surface area contributed by atoms with E-state index in [1.54, 1.807) is 0 Å². The summed E-state index contributed by atoms with van der Waals surface area (Å²) in [7, 11) is 1.29. The summed E-state index contributed by atoms with van der Waals surface area (Å²) in [5, 5.41) is 2.50. The molecule has 1 saturated carbocycles. The molecule has 0 bridgehead atoms. The summed E-state index contributed by atoms with van der Waals surface area (Å²) in [5.41, 5.74) is 0. The Morgan fingerprint density at radius 2 is 2.22 bits per heavy atom. The molecule has 2 atom stereocenters. The third-order valence-corrected chi connectivity index (χ3v) is 4.25. The molecule has 1 unspecified atom stereocenters. The van der Waals surface area contributed by atoms with E-state index >= 15 is 0 Å². The molecule has 0 radical (unpaired) electrons. The average molecular weight is 273 g/mol. The molecule has 0 aromatic heterocycles. The number of esters is 1. The maximum absolute atomic E-state index is 11.6. The maximum atomic E-state index is 11.6. The largest absolute Gasteiger partial charge is 0.467 e. The van der Waals surface area contributed by atoms with Crippen molar-refractivity contribution in [3.05, 3.63) is 0 Å². The van der Waals surface area contributed by atoms with Gasteiger partial charge in [0.2, 0.25) is 5.91 Å². The van der Waals surface area contributed by atoms with Crippen molar-refractivity contribution in [2.75, 3.05) is 12.9 Å². The minimum Gasteiger partial charge on any atom is -0.467 e. The van der Waals surface area contributed by atoms with Crippen LogP contribution in [0.15, 0.2) is 0 Å². The molecular weight excluding hydrogens is 254 g/mol. The summed E-state index contributed by atoms with van der Waals surface area (Å²) in [6, 6.07) is -0.674. The van der Waals surface area contributed by atoms with Gasteiger partial charge in [0, 0.05) is 19.1 Å². The Kier molecular flexibility index (Phi) is 6.18. The van der Waals surface area contributed by atoms with Crippen molar-refractivity contribution in [3.63, 3.8) is 0 Å². The monoisotopic (exact) mass is 273 g/mol. The van der Waals surface area contributed by atoms with Crippen LogP contribution in [0.25, 0.3) is 0 Å². The summed E-state index contributed by atoms with van der Waals surface area (Å²) >= 11 is 1.43. The number of rotatable bonds is 5. The third kappa shape index (κ3) is 4.68. The van der Waals surface area contributed by atoms with Crippen LogP contribution in [0.3, 0.4) is 0 Å². The molecule has 1 amide bonds. The van der Waals surface area contributed by atoms with Crippen LogP contribution in [0, 0.1) is 0 Å². The zero-order valence-electron chi connectivity index (χ0n) is 10.7. The van der Waals surface area contributed by atoms with Crippen LogP contribution in [-0.4, -0.2) is 41.8 Å². The van der Waals surface area contributed by atoms with Gasteiger partial charge in [-0.05, 0) is 12.8 Å². The van der Waals surface area contributed by atoms with Gasteiger partial charge in [-0.3, -0.25) is 9.59 Å². The molecule has 1 aliphatic rings. The standard InChI is InChI=1S/C12H19NO4S/c1-8(14)13-9(12(16)17-2)7-18-11-6-4-3-5-10(11)15/h9,11H,3-7H2,1-2H3,(H,13,14)/t9-,11?/m0/s1. The van der Waals surface area contributed by atoms with E-state index in [0.29, 0.717) is 12.2 Å². The van der Waals surface area contributed by atoms with Gasteiger partial charge in [-0.15, -0.1) is 11.8 Å². The molecule has 1 fully saturated rings. The van der Waals surface area contributed by atoms with Crippen LogP contribution in [0.5, 0.6) is 0 Å². The fourth-order valence-electron chi connectivity index (χ4n) is 1.90. The number of carbonyl (C=O) groups excluding carboxylic acids is 3. The normalized spacial score (nSPS) is 21.2. The van der Waals surface area contributed by atoms with Gasteiger partial charge in [-0.25, -0.2) is 4.79 Å². The lowest BCUT2D eigenvalue weighted by molar-refractivity contribution is -0.144. The number of thioether (sulfide) groups is 1. The molecule has 0 spiro atoms. The summed E-state index contributed by atoms with van der Waals surface area (Å²) in [6.07, 6.45) is 3.49. The Hall–Kier alpha value is -1.04. The van der Waals surface area contributed by atoms with Crippen LogP contribution in [0.4, 0.5) is 0 Å². The second-order valence-corrected chi connectivity index (χ2v) is 5.55. The summed E-state index contributed by atoms with van der Waals surface area (Å²) < 4.78 is 4.63. The Balaban J connectivity index is 2.47. The van der Waals surface area contributed by atoms with E-state index in [1.165, 1.54) is 25.8 Å². The van der Waals surface area contributed by atoms with Crippen molar-refractivity contribution in [1.82, 2.24) is 5.32 Å². The first-order valence-corrected chi connectivity index (χ1v) is 7.08. The number of hydrogen-bond donors (Lipinski definition) is 1. The van der Waals surface area contributed by atoms with Crippen molar-refractivity contribution in [2.24, 2.45) is 0 Å². The zero-order chi connectivity index (χ0) is 13.5. The maximum Gasteiger partial charge on any atom is 0.329 e. The predicted molar refractivity (Wildman–Crippen MR) is 69.3 cm³/mol. The molecule has 0 aliphatic heterocycles. The molecular formula is C12H19NO4S. The van der Waals surface area contributed by atoms with Crippen LogP contribution < -0.4 is 5.32 Å². The molecule has 18 heavy (non-hydrogen) atoms. The van der Waals surface area contributed by atoms with Gasteiger partial charge in [-0.1, -0.05) is 6.42 Å². The number of amides is 1. The van der Waals surface area contributed by atoms with Gasteiger partial charge in [0.25, 0.3) is 0 Å². The quantitative estimate of drug-likeness (QED) is 0.754. The van der Waals surface area contributed by atoms with Crippen molar-refractivity contribution < 1.29 is 19.1 Å². The first-order valence-electron chi connectivity index (χ1n) is 6.04. The fraction of sp³-hybridized carbons (Fsp3) is 0.750. The van der Waals surface area contributed by atoms with Crippen LogP contribution in [-0.2, 0) is 19.1 Å². The van der Waals surface area contributed by atoms with Crippen molar-refractivity contribution in [3.8, 4) is 0 Å². The topological polar surface area (TPSA) is 72.5 Å². The van der Waals surface area contributed by atoms with E-state index in [9.17, 15) is 14.4 Å². The number of Topliss-reactive ketones (excluding diaryl/α,β-unsaturated/α-hetero) is 1. The number of ketones is 1. The molecule has 6 heteroatoms. The average Bonchev–Trinajstić information content (AvgIpc) is 2.34. The Morgan fingerprint density at radius 1 is 1.50 bits per heavy atom. The van der Waals surface area contributed by atoms with Gasteiger partial charge < -0.3 is 10.1 Å². The van der Waals surface area contributed by atoms with E-state index in [2.05, 4.69) is 10.1 Å². The summed E-state index contributed by atoms with van der Waals surface area (Å²) in [5.74, 6) is -0.123. The second kappa shape index (κ2) is 7.41. The van der Waals surface area contributed by atoms with Crippen molar-refractivity contribution in [1.29, 1.82) is 0 Å². The highest BCUT2D eigenvalue weighted by Gasteiger charge is 2.26. The van der Waals surface area contributed by atoms with Crippen molar-refractivity contribution in [2.45, 2.75) is 43.9 Å². The number of ether oxygens (including phenoxy) is 1. The number of carbonyl (C=O) groups is 3. The lowest BCUT2D eigenvalue weighted by Gasteiger charge is -2.22. The van der Waals surface area contributed by atoms with Crippen molar-refractivity contribution >= 4 is 29.4 Å². The minimum absolute atomic E-state index is 0.0420. The van der Waals surface area contributed by atoms with Crippen LogP contribution in [0.1, 0.15) is 32.6 Å². The van der Waals surface area contributed by atoms with Crippen LogP contribution in [0.2, 0.25) is 0 Å². The zero-order valence-corrected chi connectivity index (χ0v) is 11.5. The number of hydrogen-bond acceptors (Lipinski definition) is 5. The molecule has 102 valence electrons. The second-order valence-electron chi connectivity index (χ2n) is 4.31. The SMILES string of the molecule is COC(=O)[C@H](CSC1CCCCC1=O)NC(C)=O. The van der Waals surface area contributed by atoms with E-state index in [0.717, 1.165) is 19.3 Å². The lowest BCUT2D eigenvalue weighted by atomic mass is 9.99. The predicted octanol–water partition coefficient (Wildman–Crippen LogP) is 0.909. The minimum atomic E-state index is -0.674.